The maximum Gasteiger partial charge on any atom is 0.303 e. The first kappa shape index (κ1) is 18.9. The minimum atomic E-state index is -0.570. The third-order valence-corrected chi connectivity index (χ3v) is 4.26. The van der Waals surface area contributed by atoms with Gasteiger partial charge in [0.2, 0.25) is 0 Å². The molecule has 0 bridgehead atoms. The summed E-state index contributed by atoms with van der Waals surface area (Å²) in [5.41, 5.74) is 0. The van der Waals surface area contributed by atoms with Crippen LogP contribution < -0.4 is 0 Å². The van der Waals surface area contributed by atoms with Crippen LogP contribution in [-0.4, -0.2) is 43.1 Å². The third-order valence-electron chi connectivity index (χ3n) is 4.26. The van der Waals surface area contributed by atoms with Gasteiger partial charge >= 0.3 is 11.9 Å². The SMILES string of the molecule is CC(=O)OC[C@H]1O[C@H](OC2CCCCCCC2)C=C[C@@H]1OC(C)=O. The zero-order valence-corrected chi connectivity index (χ0v) is 14.6. The van der Waals surface area contributed by atoms with Crippen molar-refractivity contribution in [2.24, 2.45) is 0 Å². The molecule has 6 nitrogen and oxygen atoms in total. The van der Waals surface area contributed by atoms with Crippen molar-refractivity contribution in [1.82, 2.24) is 0 Å². The maximum absolute atomic E-state index is 11.2. The molecule has 2 rings (SSSR count). The fourth-order valence-corrected chi connectivity index (χ4v) is 3.08. The van der Waals surface area contributed by atoms with Gasteiger partial charge in [-0.25, -0.2) is 0 Å². The smallest absolute Gasteiger partial charge is 0.303 e. The van der Waals surface area contributed by atoms with E-state index in [0.717, 1.165) is 12.8 Å². The second kappa shape index (κ2) is 9.79. The van der Waals surface area contributed by atoms with Crippen LogP contribution in [0.25, 0.3) is 0 Å². The number of hydrogen-bond donors (Lipinski definition) is 0. The maximum atomic E-state index is 11.2. The minimum absolute atomic E-state index is 0.0299. The zero-order chi connectivity index (χ0) is 17.4. The Morgan fingerprint density at radius 3 is 2.29 bits per heavy atom. The van der Waals surface area contributed by atoms with E-state index in [1.807, 2.05) is 0 Å². The van der Waals surface area contributed by atoms with Gasteiger partial charge in [0.05, 0.1) is 6.10 Å². The van der Waals surface area contributed by atoms with Crippen molar-refractivity contribution < 1.29 is 28.5 Å². The van der Waals surface area contributed by atoms with Gasteiger partial charge in [-0.3, -0.25) is 9.59 Å². The first-order valence-corrected chi connectivity index (χ1v) is 8.84. The van der Waals surface area contributed by atoms with Gasteiger partial charge in [-0.1, -0.05) is 32.1 Å². The summed E-state index contributed by atoms with van der Waals surface area (Å²) in [4.78, 5) is 22.3. The molecule has 0 aromatic rings. The van der Waals surface area contributed by atoms with Crippen LogP contribution in [0.2, 0.25) is 0 Å². The molecule has 0 amide bonds. The summed E-state index contributed by atoms with van der Waals surface area (Å²) >= 11 is 0. The van der Waals surface area contributed by atoms with Crippen LogP contribution in [0.4, 0.5) is 0 Å². The lowest BCUT2D eigenvalue weighted by molar-refractivity contribution is -0.211. The molecule has 0 unspecified atom stereocenters. The molecule has 1 heterocycles. The molecular weight excluding hydrogens is 312 g/mol. The predicted octanol–water partition coefficient (Wildman–Crippen LogP) is 2.89. The van der Waals surface area contributed by atoms with E-state index in [9.17, 15) is 9.59 Å². The van der Waals surface area contributed by atoms with E-state index in [2.05, 4.69) is 0 Å². The van der Waals surface area contributed by atoms with E-state index in [0.29, 0.717) is 0 Å². The number of ether oxygens (including phenoxy) is 4. The molecule has 24 heavy (non-hydrogen) atoms. The molecule has 136 valence electrons. The van der Waals surface area contributed by atoms with Crippen molar-refractivity contribution in [3.05, 3.63) is 12.2 Å². The Balaban J connectivity index is 1.92. The Morgan fingerprint density at radius 1 is 1.00 bits per heavy atom. The van der Waals surface area contributed by atoms with E-state index < -0.39 is 30.4 Å². The fraction of sp³-hybridized carbons (Fsp3) is 0.778. The first-order valence-electron chi connectivity index (χ1n) is 8.84. The summed E-state index contributed by atoms with van der Waals surface area (Å²) < 4.78 is 22.2. The summed E-state index contributed by atoms with van der Waals surface area (Å²) in [7, 11) is 0. The first-order chi connectivity index (χ1) is 11.5. The van der Waals surface area contributed by atoms with Gasteiger partial charge in [-0.05, 0) is 25.0 Å². The highest BCUT2D eigenvalue weighted by molar-refractivity contribution is 5.66. The van der Waals surface area contributed by atoms with Crippen molar-refractivity contribution in [3.8, 4) is 0 Å². The van der Waals surface area contributed by atoms with Crippen LogP contribution in [0.1, 0.15) is 58.8 Å². The van der Waals surface area contributed by atoms with Crippen molar-refractivity contribution >= 4 is 11.9 Å². The quantitative estimate of drug-likeness (QED) is 0.566. The number of hydrogen-bond acceptors (Lipinski definition) is 6. The topological polar surface area (TPSA) is 71.1 Å². The largest absolute Gasteiger partial charge is 0.463 e. The van der Waals surface area contributed by atoms with Crippen LogP contribution in [0.5, 0.6) is 0 Å². The third kappa shape index (κ3) is 6.61. The van der Waals surface area contributed by atoms with Crippen molar-refractivity contribution in [3.63, 3.8) is 0 Å². The molecule has 0 aromatic heterocycles. The number of carbonyl (C=O) groups is 2. The average Bonchev–Trinajstić information content (AvgIpc) is 2.49. The van der Waals surface area contributed by atoms with Crippen LogP contribution >= 0.6 is 0 Å². The Hall–Kier alpha value is -1.40. The summed E-state index contributed by atoms with van der Waals surface area (Å²) in [6.45, 7) is 2.71. The highest BCUT2D eigenvalue weighted by Crippen LogP contribution is 2.24. The van der Waals surface area contributed by atoms with E-state index in [1.165, 1.54) is 46.0 Å². The summed E-state index contributed by atoms with van der Waals surface area (Å²) in [5.74, 6) is -0.798. The normalized spacial score (nSPS) is 28.7. The summed E-state index contributed by atoms with van der Waals surface area (Å²) in [5, 5.41) is 0. The Labute approximate surface area is 143 Å². The van der Waals surface area contributed by atoms with Gasteiger partial charge in [0, 0.05) is 13.8 Å². The van der Waals surface area contributed by atoms with E-state index >= 15 is 0 Å². The number of rotatable bonds is 5. The standard InChI is InChI=1S/C18H28O6/c1-13(19)21-12-17-16(22-14(2)20)10-11-18(24-17)23-15-8-6-4-3-5-7-9-15/h10-11,15-18H,3-9,12H2,1-2H3/t16-,17+,18-/m0/s1. The molecule has 1 fully saturated rings. The second-order valence-corrected chi connectivity index (χ2v) is 6.41. The average molecular weight is 340 g/mol. The molecule has 2 aliphatic rings. The number of carbonyl (C=O) groups excluding carboxylic acids is 2. The molecule has 0 N–H and O–H groups in total. The Morgan fingerprint density at radius 2 is 1.67 bits per heavy atom. The summed E-state index contributed by atoms with van der Waals surface area (Å²) in [6.07, 6.45) is 10.3. The predicted molar refractivity (Wildman–Crippen MR) is 87.2 cm³/mol. The molecule has 1 aliphatic carbocycles. The fourth-order valence-electron chi connectivity index (χ4n) is 3.08. The monoisotopic (exact) mass is 340 g/mol. The van der Waals surface area contributed by atoms with Gasteiger partial charge in [0.25, 0.3) is 0 Å². The number of esters is 2. The van der Waals surface area contributed by atoms with Gasteiger partial charge in [-0.2, -0.15) is 0 Å². The highest BCUT2D eigenvalue weighted by Gasteiger charge is 2.32. The summed E-state index contributed by atoms with van der Waals surface area (Å²) in [6, 6.07) is 0. The van der Waals surface area contributed by atoms with Crippen LogP contribution in [0.15, 0.2) is 12.2 Å². The van der Waals surface area contributed by atoms with Crippen molar-refractivity contribution in [2.45, 2.75) is 83.4 Å². The van der Waals surface area contributed by atoms with E-state index in [4.69, 9.17) is 18.9 Å². The van der Waals surface area contributed by atoms with Crippen molar-refractivity contribution in [2.75, 3.05) is 6.61 Å². The van der Waals surface area contributed by atoms with Crippen LogP contribution in [0.3, 0.4) is 0 Å². The van der Waals surface area contributed by atoms with E-state index in [-0.39, 0.29) is 12.7 Å². The molecule has 6 heteroatoms. The molecule has 0 aromatic carbocycles. The molecule has 1 aliphatic heterocycles. The lowest BCUT2D eigenvalue weighted by atomic mass is 9.98. The molecule has 1 saturated carbocycles. The van der Waals surface area contributed by atoms with Crippen molar-refractivity contribution in [1.29, 1.82) is 0 Å². The van der Waals surface area contributed by atoms with Crippen LogP contribution in [-0.2, 0) is 28.5 Å². The van der Waals surface area contributed by atoms with E-state index in [1.54, 1.807) is 12.2 Å². The lowest BCUT2D eigenvalue weighted by Gasteiger charge is -2.33. The second-order valence-electron chi connectivity index (χ2n) is 6.41. The van der Waals surface area contributed by atoms with Crippen LogP contribution in [0, 0.1) is 0 Å². The van der Waals surface area contributed by atoms with Gasteiger partial charge in [-0.15, -0.1) is 0 Å². The molecular formula is C18H28O6. The Bertz CT molecular complexity index is 439. The molecule has 3 atom stereocenters. The van der Waals surface area contributed by atoms with Gasteiger partial charge in [0.15, 0.2) is 6.29 Å². The van der Waals surface area contributed by atoms with Gasteiger partial charge < -0.3 is 18.9 Å². The molecule has 0 spiro atoms. The minimum Gasteiger partial charge on any atom is -0.463 e. The van der Waals surface area contributed by atoms with Gasteiger partial charge in [0.1, 0.15) is 18.8 Å². The highest BCUT2D eigenvalue weighted by atomic mass is 16.7. The Kier molecular flexibility index (Phi) is 7.72. The lowest BCUT2D eigenvalue weighted by Crippen LogP contribution is -2.43. The zero-order valence-electron chi connectivity index (χ0n) is 14.6. The molecule has 0 saturated heterocycles. The molecule has 0 radical (unpaired) electrons.